The Hall–Kier alpha value is -2.15. The standard InChI is InChI=1S/C12H16ClN5O2/c1-2-3-8-15-17(12(14)16-18(19)20)9-10-6-4-5-7-11(10)13/h4-8H,2-3,9H2,1H3,(H2,14,16)/b15-8-. The van der Waals surface area contributed by atoms with Gasteiger partial charge in [-0.05, 0) is 18.1 Å². The van der Waals surface area contributed by atoms with Crippen molar-refractivity contribution in [1.29, 1.82) is 0 Å². The second-order valence-corrected chi connectivity index (χ2v) is 4.34. The van der Waals surface area contributed by atoms with Gasteiger partial charge in [0.2, 0.25) is 0 Å². The summed E-state index contributed by atoms with van der Waals surface area (Å²) in [4.78, 5) is 10.4. The smallest absolute Gasteiger partial charge is 0.289 e. The molecule has 0 unspecified atom stereocenters. The summed E-state index contributed by atoms with van der Waals surface area (Å²) in [5, 5.41) is 18.5. The molecule has 0 heterocycles. The molecule has 0 radical (unpaired) electrons. The monoisotopic (exact) mass is 297 g/mol. The molecule has 7 nitrogen and oxygen atoms in total. The van der Waals surface area contributed by atoms with Crippen LogP contribution in [0, 0.1) is 10.1 Å². The second-order valence-electron chi connectivity index (χ2n) is 3.93. The first-order chi connectivity index (χ1) is 9.54. The minimum absolute atomic E-state index is 0.211. The molecule has 0 fully saturated rings. The predicted octanol–water partition coefficient (Wildman–Crippen LogP) is 2.43. The Bertz CT molecular complexity index is 518. The lowest BCUT2D eigenvalue weighted by Crippen LogP contribution is -2.33. The highest BCUT2D eigenvalue weighted by atomic mass is 35.5. The molecule has 0 saturated heterocycles. The highest BCUT2D eigenvalue weighted by Gasteiger charge is 2.12. The number of benzene rings is 1. The Balaban J connectivity index is 2.93. The van der Waals surface area contributed by atoms with Crippen molar-refractivity contribution in [2.24, 2.45) is 15.9 Å². The summed E-state index contributed by atoms with van der Waals surface area (Å²) in [6.07, 6.45) is 3.29. The number of halogens is 1. The van der Waals surface area contributed by atoms with Crippen LogP contribution in [0.4, 0.5) is 0 Å². The van der Waals surface area contributed by atoms with Gasteiger partial charge in [-0.2, -0.15) is 5.10 Å². The fourth-order valence-electron chi connectivity index (χ4n) is 1.39. The predicted molar refractivity (Wildman–Crippen MR) is 79.0 cm³/mol. The first-order valence-electron chi connectivity index (χ1n) is 6.06. The third-order valence-corrected chi connectivity index (χ3v) is 2.73. The van der Waals surface area contributed by atoms with E-state index in [1.807, 2.05) is 13.0 Å². The van der Waals surface area contributed by atoms with Crippen molar-refractivity contribution in [2.75, 3.05) is 0 Å². The molecule has 0 spiro atoms. The molecular formula is C12H16ClN5O2. The van der Waals surface area contributed by atoms with Crippen LogP contribution < -0.4 is 5.73 Å². The molecule has 1 aromatic rings. The van der Waals surface area contributed by atoms with E-state index in [0.717, 1.165) is 18.4 Å². The van der Waals surface area contributed by atoms with Crippen LogP contribution >= 0.6 is 11.6 Å². The lowest BCUT2D eigenvalue weighted by molar-refractivity contribution is -0.485. The topological polar surface area (TPSA) is 97.1 Å². The summed E-state index contributed by atoms with van der Waals surface area (Å²) in [5.74, 6) is -0.290. The van der Waals surface area contributed by atoms with E-state index in [9.17, 15) is 10.1 Å². The van der Waals surface area contributed by atoms with Crippen LogP contribution in [0.25, 0.3) is 0 Å². The Morgan fingerprint density at radius 3 is 2.85 bits per heavy atom. The highest BCUT2D eigenvalue weighted by molar-refractivity contribution is 6.31. The van der Waals surface area contributed by atoms with Gasteiger partial charge in [-0.25, -0.2) is 15.1 Å². The van der Waals surface area contributed by atoms with Gasteiger partial charge < -0.3 is 5.73 Å². The molecule has 20 heavy (non-hydrogen) atoms. The molecule has 0 saturated carbocycles. The third kappa shape index (κ3) is 5.23. The average molecular weight is 298 g/mol. The molecule has 0 aromatic heterocycles. The highest BCUT2D eigenvalue weighted by Crippen LogP contribution is 2.17. The van der Waals surface area contributed by atoms with E-state index in [1.54, 1.807) is 24.4 Å². The van der Waals surface area contributed by atoms with Gasteiger partial charge in [-0.15, -0.1) is 0 Å². The van der Waals surface area contributed by atoms with Gasteiger partial charge in [0.05, 0.1) is 6.54 Å². The number of nitro groups is 1. The van der Waals surface area contributed by atoms with Crippen molar-refractivity contribution in [3.8, 4) is 0 Å². The van der Waals surface area contributed by atoms with Gasteiger partial charge in [0.25, 0.3) is 5.96 Å². The molecule has 1 rings (SSSR count). The minimum Gasteiger partial charge on any atom is -0.363 e. The summed E-state index contributed by atoms with van der Waals surface area (Å²) < 4.78 is 0. The lowest BCUT2D eigenvalue weighted by Gasteiger charge is -2.16. The Morgan fingerprint density at radius 2 is 2.25 bits per heavy atom. The second kappa shape index (κ2) is 8.11. The van der Waals surface area contributed by atoms with Gasteiger partial charge in [0.15, 0.2) is 5.03 Å². The van der Waals surface area contributed by atoms with Crippen LogP contribution in [0.1, 0.15) is 25.3 Å². The summed E-state index contributed by atoms with van der Waals surface area (Å²) in [7, 11) is 0. The number of hydrogen-bond donors (Lipinski definition) is 1. The minimum atomic E-state index is -0.857. The fraction of sp³-hybridized carbons (Fsp3) is 0.333. The number of guanidine groups is 1. The first-order valence-corrected chi connectivity index (χ1v) is 6.44. The number of nitrogens with two attached hydrogens (primary N) is 1. The third-order valence-electron chi connectivity index (χ3n) is 2.37. The van der Waals surface area contributed by atoms with Crippen molar-refractivity contribution >= 4 is 23.8 Å². The number of nitrogens with zero attached hydrogens (tertiary/aromatic N) is 4. The van der Waals surface area contributed by atoms with Gasteiger partial charge in [0, 0.05) is 11.2 Å². The van der Waals surface area contributed by atoms with Gasteiger partial charge in [0.1, 0.15) is 5.10 Å². The number of hydrogen-bond acceptors (Lipinski definition) is 3. The normalized spacial score (nSPS) is 11.8. The Kier molecular flexibility index (Phi) is 6.45. The maximum Gasteiger partial charge on any atom is 0.289 e. The van der Waals surface area contributed by atoms with Crippen molar-refractivity contribution in [2.45, 2.75) is 26.3 Å². The van der Waals surface area contributed by atoms with Crippen LogP contribution in [0.2, 0.25) is 5.02 Å². The lowest BCUT2D eigenvalue weighted by atomic mass is 10.2. The molecule has 0 aliphatic carbocycles. The summed E-state index contributed by atoms with van der Waals surface area (Å²) in [6.45, 7) is 2.21. The zero-order chi connectivity index (χ0) is 15.0. The molecule has 0 aliphatic rings. The fourth-order valence-corrected chi connectivity index (χ4v) is 1.59. The SMILES string of the molecule is CCC/C=N\N(Cc1ccccc1Cl)/C(N)=N\[N+](=O)[O-]. The zero-order valence-corrected chi connectivity index (χ0v) is 11.8. The Labute approximate surface area is 121 Å². The number of rotatable bonds is 6. The van der Waals surface area contributed by atoms with E-state index in [0.29, 0.717) is 5.02 Å². The Morgan fingerprint density at radius 1 is 1.55 bits per heavy atom. The van der Waals surface area contributed by atoms with E-state index < -0.39 is 5.03 Å². The molecule has 0 aliphatic heterocycles. The maximum absolute atomic E-state index is 10.4. The van der Waals surface area contributed by atoms with Crippen LogP contribution in [0.15, 0.2) is 34.5 Å². The van der Waals surface area contributed by atoms with Crippen molar-refractivity contribution < 1.29 is 5.03 Å². The molecule has 108 valence electrons. The molecule has 8 heteroatoms. The zero-order valence-electron chi connectivity index (χ0n) is 11.1. The van der Waals surface area contributed by atoms with Gasteiger partial charge >= 0.3 is 0 Å². The average Bonchev–Trinajstić information content (AvgIpc) is 2.39. The van der Waals surface area contributed by atoms with Gasteiger partial charge in [-0.3, -0.25) is 0 Å². The van der Waals surface area contributed by atoms with E-state index in [-0.39, 0.29) is 12.5 Å². The van der Waals surface area contributed by atoms with Crippen molar-refractivity contribution in [3.05, 3.63) is 45.0 Å². The summed E-state index contributed by atoms with van der Waals surface area (Å²) >= 11 is 6.05. The van der Waals surface area contributed by atoms with Crippen LogP contribution in [-0.2, 0) is 6.54 Å². The summed E-state index contributed by atoms with van der Waals surface area (Å²) in [6, 6.07) is 7.14. The van der Waals surface area contributed by atoms with Crippen LogP contribution in [0.3, 0.4) is 0 Å². The van der Waals surface area contributed by atoms with Gasteiger partial charge in [-0.1, -0.05) is 43.1 Å². The molecule has 2 N–H and O–H groups in total. The van der Waals surface area contributed by atoms with E-state index >= 15 is 0 Å². The molecule has 1 aromatic carbocycles. The molecular weight excluding hydrogens is 282 g/mol. The van der Waals surface area contributed by atoms with Crippen molar-refractivity contribution in [1.82, 2.24) is 5.01 Å². The first kappa shape index (κ1) is 15.9. The van der Waals surface area contributed by atoms with E-state index in [4.69, 9.17) is 17.3 Å². The summed E-state index contributed by atoms with van der Waals surface area (Å²) in [5.41, 5.74) is 6.33. The molecule has 0 amide bonds. The number of hydrazone groups is 2. The molecule has 0 atom stereocenters. The maximum atomic E-state index is 10.4. The van der Waals surface area contributed by atoms with E-state index in [2.05, 4.69) is 10.2 Å². The van der Waals surface area contributed by atoms with Crippen LogP contribution in [0.5, 0.6) is 0 Å². The van der Waals surface area contributed by atoms with Crippen LogP contribution in [-0.4, -0.2) is 22.2 Å². The number of unbranched alkanes of at least 4 members (excludes halogenated alkanes) is 1. The largest absolute Gasteiger partial charge is 0.363 e. The quantitative estimate of drug-likeness (QED) is 0.377. The molecule has 0 bridgehead atoms. The van der Waals surface area contributed by atoms with Crippen molar-refractivity contribution in [3.63, 3.8) is 0 Å². The van der Waals surface area contributed by atoms with E-state index in [1.165, 1.54) is 5.01 Å².